The summed E-state index contributed by atoms with van der Waals surface area (Å²) in [4.78, 5) is 0. The van der Waals surface area contributed by atoms with E-state index in [-0.39, 0.29) is 11.1 Å². The Labute approximate surface area is 121 Å². The number of hydrogen-bond donors (Lipinski definition) is 0. The van der Waals surface area contributed by atoms with Gasteiger partial charge in [-0.3, -0.25) is 0 Å². The van der Waals surface area contributed by atoms with Crippen LogP contribution in [0, 0.1) is 0 Å². The molecule has 1 atom stereocenters. The third-order valence-electron chi connectivity index (χ3n) is 2.98. The van der Waals surface area contributed by atoms with Crippen LogP contribution in [-0.2, 0) is 8.85 Å². The molecule has 0 saturated carbocycles. The maximum atomic E-state index is 6.07. The number of hydrogen-bond acceptors (Lipinski definition) is 2. The summed E-state index contributed by atoms with van der Waals surface area (Å²) in [5.41, 5.74) is 0. The highest BCUT2D eigenvalue weighted by molar-refractivity contribution is 7.62. The SMILES string of the molecule is C=C(O[Si](Cl)(Cl)Cl)[C@@H](C)O[Si](C)(C)C(C)(C)C. The Morgan fingerprint density at radius 3 is 1.88 bits per heavy atom. The molecule has 102 valence electrons. The van der Waals surface area contributed by atoms with Crippen LogP contribution in [0.1, 0.15) is 27.7 Å². The fourth-order valence-corrected chi connectivity index (χ4v) is 3.64. The zero-order valence-electron chi connectivity index (χ0n) is 11.2. The molecule has 0 amide bonds. The van der Waals surface area contributed by atoms with Gasteiger partial charge in [-0.05, 0) is 25.1 Å². The minimum Gasteiger partial charge on any atom is -0.510 e. The smallest absolute Gasteiger partial charge is 0.510 e. The molecule has 0 aromatic carbocycles. The summed E-state index contributed by atoms with van der Waals surface area (Å²) >= 11 is 17.0. The predicted octanol–water partition coefficient (Wildman–Crippen LogP) is 5.08. The molecular weight excluding hydrogens is 315 g/mol. The molecule has 2 nitrogen and oxygen atoms in total. The summed E-state index contributed by atoms with van der Waals surface area (Å²) in [6.45, 7) is 16.4. The average Bonchev–Trinajstić information content (AvgIpc) is 1.97. The van der Waals surface area contributed by atoms with Crippen LogP contribution in [0.5, 0.6) is 0 Å². The van der Waals surface area contributed by atoms with Gasteiger partial charge in [0.2, 0.25) is 0 Å². The van der Waals surface area contributed by atoms with E-state index in [1.165, 1.54) is 0 Å². The van der Waals surface area contributed by atoms with Crippen molar-refractivity contribution in [3.8, 4) is 0 Å². The molecule has 0 unspecified atom stereocenters. The molecule has 0 aromatic heterocycles. The molecule has 17 heavy (non-hydrogen) atoms. The second kappa shape index (κ2) is 5.84. The molecule has 0 bridgehead atoms. The Bertz CT molecular complexity index is 282. The molecule has 7 heteroatoms. The van der Waals surface area contributed by atoms with Crippen molar-refractivity contribution in [2.75, 3.05) is 0 Å². The van der Waals surface area contributed by atoms with Crippen molar-refractivity contribution in [3.05, 3.63) is 12.3 Å². The van der Waals surface area contributed by atoms with Crippen LogP contribution in [0.25, 0.3) is 0 Å². The molecule has 0 rings (SSSR count). The Kier molecular flexibility index (Phi) is 6.12. The Morgan fingerprint density at radius 2 is 1.59 bits per heavy atom. The van der Waals surface area contributed by atoms with E-state index < -0.39 is 14.6 Å². The quantitative estimate of drug-likeness (QED) is 0.396. The zero-order chi connectivity index (χ0) is 14.1. The molecule has 0 saturated heterocycles. The summed E-state index contributed by atoms with van der Waals surface area (Å²) in [5, 5.41) is 0.124. The van der Waals surface area contributed by atoms with E-state index in [2.05, 4.69) is 40.4 Å². The first-order valence-electron chi connectivity index (χ1n) is 5.38. The summed E-state index contributed by atoms with van der Waals surface area (Å²) in [6.07, 6.45) is -3.42. The predicted molar refractivity (Wildman–Crippen MR) is 81.3 cm³/mol. The van der Waals surface area contributed by atoms with Gasteiger partial charge in [-0.2, -0.15) is 0 Å². The van der Waals surface area contributed by atoms with E-state index in [9.17, 15) is 0 Å². The summed E-state index contributed by atoms with van der Waals surface area (Å²) in [6, 6.07) is 0. The molecule has 0 fully saturated rings. The third kappa shape index (κ3) is 6.50. The van der Waals surface area contributed by atoms with Gasteiger partial charge in [0.15, 0.2) is 8.32 Å². The van der Waals surface area contributed by atoms with Crippen molar-refractivity contribution in [1.29, 1.82) is 0 Å². The monoisotopic (exact) mass is 334 g/mol. The summed E-state index contributed by atoms with van der Waals surface area (Å²) < 4.78 is 11.3. The van der Waals surface area contributed by atoms with E-state index in [1.807, 2.05) is 6.92 Å². The van der Waals surface area contributed by atoms with Crippen molar-refractivity contribution in [2.45, 2.75) is 51.9 Å². The van der Waals surface area contributed by atoms with Crippen molar-refractivity contribution < 1.29 is 8.85 Å². The second-order valence-electron chi connectivity index (χ2n) is 5.53. The molecule has 0 N–H and O–H groups in total. The van der Waals surface area contributed by atoms with Crippen LogP contribution in [0.2, 0.25) is 18.1 Å². The van der Waals surface area contributed by atoms with Gasteiger partial charge in [0.05, 0.1) is 6.10 Å². The molecule has 0 aliphatic carbocycles. The largest absolute Gasteiger partial charge is 0.555 e. The van der Waals surface area contributed by atoms with Crippen molar-refractivity contribution >= 4 is 47.8 Å². The van der Waals surface area contributed by atoms with Crippen molar-refractivity contribution in [1.82, 2.24) is 0 Å². The molecule has 0 radical (unpaired) electrons. The fourth-order valence-electron chi connectivity index (χ4n) is 0.916. The van der Waals surface area contributed by atoms with Gasteiger partial charge in [0.1, 0.15) is 5.76 Å². The van der Waals surface area contributed by atoms with Gasteiger partial charge in [0.25, 0.3) is 0 Å². The first kappa shape index (κ1) is 17.8. The van der Waals surface area contributed by atoms with Gasteiger partial charge in [-0.1, -0.05) is 60.6 Å². The van der Waals surface area contributed by atoms with Crippen LogP contribution in [0.4, 0.5) is 0 Å². The van der Waals surface area contributed by atoms with Gasteiger partial charge in [-0.25, -0.2) is 0 Å². The van der Waals surface area contributed by atoms with Crippen LogP contribution in [0.15, 0.2) is 12.3 Å². The van der Waals surface area contributed by atoms with Crippen LogP contribution < -0.4 is 0 Å². The minimum atomic E-state index is -3.15. The molecule has 0 heterocycles. The highest BCUT2D eigenvalue weighted by Gasteiger charge is 2.40. The van der Waals surface area contributed by atoms with Crippen molar-refractivity contribution in [2.24, 2.45) is 0 Å². The van der Waals surface area contributed by atoms with Gasteiger partial charge < -0.3 is 8.85 Å². The van der Waals surface area contributed by atoms with Crippen molar-refractivity contribution in [3.63, 3.8) is 0 Å². The molecule has 0 aromatic rings. The highest BCUT2D eigenvalue weighted by Crippen LogP contribution is 2.38. The molecular formula is C10H21Cl3O2Si2. The van der Waals surface area contributed by atoms with E-state index in [0.29, 0.717) is 5.76 Å². The highest BCUT2D eigenvalue weighted by atomic mass is 35.8. The van der Waals surface area contributed by atoms with E-state index >= 15 is 0 Å². The van der Waals surface area contributed by atoms with Crippen LogP contribution in [0.3, 0.4) is 0 Å². The van der Waals surface area contributed by atoms with Crippen LogP contribution >= 0.6 is 33.2 Å². The standard InChI is InChI=1S/C10H21Cl3O2Si2/c1-8(9(2)15-17(11,12)13)14-16(6,7)10(3,4)5/h8H,2H2,1,3-7H3/t8-/m1/s1. The molecule has 0 aliphatic heterocycles. The lowest BCUT2D eigenvalue weighted by molar-refractivity contribution is 0.185. The zero-order valence-corrected chi connectivity index (χ0v) is 15.5. The third-order valence-corrected chi connectivity index (χ3v) is 8.72. The lowest BCUT2D eigenvalue weighted by atomic mass is 10.2. The lowest BCUT2D eigenvalue weighted by Crippen LogP contribution is -2.44. The van der Waals surface area contributed by atoms with Gasteiger partial charge >= 0.3 is 6.25 Å². The normalized spacial score (nSPS) is 15.6. The molecule has 0 spiro atoms. The molecule has 0 aliphatic rings. The first-order valence-corrected chi connectivity index (χ1v) is 13.2. The maximum absolute atomic E-state index is 6.07. The van der Waals surface area contributed by atoms with E-state index in [0.717, 1.165) is 0 Å². The minimum absolute atomic E-state index is 0.124. The average molecular weight is 336 g/mol. The lowest BCUT2D eigenvalue weighted by Gasteiger charge is -2.38. The van der Waals surface area contributed by atoms with Gasteiger partial charge in [0, 0.05) is 0 Å². The van der Waals surface area contributed by atoms with Crippen LogP contribution in [-0.4, -0.2) is 20.7 Å². The Morgan fingerprint density at radius 1 is 1.18 bits per heavy atom. The maximum Gasteiger partial charge on any atom is 0.555 e. The second-order valence-corrected chi connectivity index (χ2v) is 17.9. The number of rotatable bonds is 5. The Hall–Kier alpha value is 0.804. The van der Waals surface area contributed by atoms with E-state index in [4.69, 9.17) is 42.1 Å². The first-order chi connectivity index (χ1) is 7.26. The Balaban J connectivity index is 4.56. The number of halogens is 3. The topological polar surface area (TPSA) is 18.5 Å². The summed E-state index contributed by atoms with van der Waals surface area (Å²) in [7, 11) is -1.86. The van der Waals surface area contributed by atoms with E-state index in [1.54, 1.807) is 0 Å². The summed E-state index contributed by atoms with van der Waals surface area (Å²) in [5.74, 6) is 0.390. The fraction of sp³-hybridized carbons (Fsp3) is 0.800. The van der Waals surface area contributed by atoms with Gasteiger partial charge in [-0.15, -0.1) is 0 Å².